The van der Waals surface area contributed by atoms with Crippen molar-refractivity contribution < 1.29 is 9.47 Å². The van der Waals surface area contributed by atoms with E-state index in [0.29, 0.717) is 13.2 Å². The highest BCUT2D eigenvalue weighted by Gasteiger charge is 2.19. The zero-order chi connectivity index (χ0) is 11.4. The Hall–Kier alpha value is -0.420. The largest absolute Gasteiger partial charge is 0.350 e. The summed E-state index contributed by atoms with van der Waals surface area (Å²) in [5.74, 6) is 0. The summed E-state index contributed by atoms with van der Waals surface area (Å²) in [5, 5.41) is 0. The lowest BCUT2D eigenvalue weighted by Gasteiger charge is -2.16. The number of nitrogens with two attached hydrogens (primary N) is 1. The third-order valence-corrected chi connectivity index (χ3v) is 3.40. The molecule has 1 aromatic rings. The van der Waals surface area contributed by atoms with Gasteiger partial charge in [0.15, 0.2) is 6.29 Å². The summed E-state index contributed by atoms with van der Waals surface area (Å²) in [6.45, 7) is 1.37. The standard InChI is InChI=1S/C12H16BrNO2/c13-11-4-2-1-3-9(11)7-10(14)8-12-15-5-6-16-12/h1-4,10,12H,5-8,14H2. The van der Waals surface area contributed by atoms with Gasteiger partial charge in [0.05, 0.1) is 13.2 Å². The van der Waals surface area contributed by atoms with E-state index in [4.69, 9.17) is 15.2 Å². The van der Waals surface area contributed by atoms with Gasteiger partial charge in [-0.05, 0) is 18.1 Å². The van der Waals surface area contributed by atoms with Crippen LogP contribution in [0.2, 0.25) is 0 Å². The molecule has 1 atom stereocenters. The number of hydrogen-bond donors (Lipinski definition) is 1. The fourth-order valence-electron chi connectivity index (χ4n) is 1.82. The van der Waals surface area contributed by atoms with E-state index in [9.17, 15) is 0 Å². The predicted octanol–water partition coefficient (Wildman–Crippen LogP) is 2.08. The van der Waals surface area contributed by atoms with E-state index in [-0.39, 0.29) is 12.3 Å². The van der Waals surface area contributed by atoms with Crippen molar-refractivity contribution >= 4 is 15.9 Å². The van der Waals surface area contributed by atoms with Crippen LogP contribution < -0.4 is 5.73 Å². The van der Waals surface area contributed by atoms with Crippen molar-refractivity contribution in [3.8, 4) is 0 Å². The van der Waals surface area contributed by atoms with Gasteiger partial charge < -0.3 is 15.2 Å². The summed E-state index contributed by atoms with van der Waals surface area (Å²) >= 11 is 3.52. The fraction of sp³-hybridized carbons (Fsp3) is 0.500. The molecule has 0 amide bonds. The second-order valence-electron chi connectivity index (χ2n) is 3.96. The Balaban J connectivity index is 1.86. The molecule has 4 heteroatoms. The molecule has 0 spiro atoms. The van der Waals surface area contributed by atoms with Gasteiger partial charge in [0.1, 0.15) is 0 Å². The molecule has 1 aliphatic rings. The van der Waals surface area contributed by atoms with Gasteiger partial charge in [-0.25, -0.2) is 0 Å². The Morgan fingerprint density at radius 2 is 2.00 bits per heavy atom. The van der Waals surface area contributed by atoms with Crippen molar-refractivity contribution in [2.75, 3.05) is 13.2 Å². The van der Waals surface area contributed by atoms with Gasteiger partial charge in [-0.2, -0.15) is 0 Å². The Bertz CT molecular complexity index is 340. The summed E-state index contributed by atoms with van der Waals surface area (Å²) in [6, 6.07) is 8.21. The van der Waals surface area contributed by atoms with Gasteiger partial charge in [-0.15, -0.1) is 0 Å². The second-order valence-corrected chi connectivity index (χ2v) is 4.82. The maximum absolute atomic E-state index is 6.07. The Morgan fingerprint density at radius 1 is 1.31 bits per heavy atom. The van der Waals surface area contributed by atoms with Gasteiger partial charge in [-0.1, -0.05) is 34.1 Å². The zero-order valence-electron chi connectivity index (χ0n) is 9.06. The fourth-order valence-corrected chi connectivity index (χ4v) is 2.27. The number of halogens is 1. The molecule has 1 unspecified atom stereocenters. The van der Waals surface area contributed by atoms with E-state index in [1.807, 2.05) is 18.2 Å². The molecule has 1 aromatic carbocycles. The smallest absolute Gasteiger partial charge is 0.159 e. The molecule has 1 aliphatic heterocycles. The molecule has 0 radical (unpaired) electrons. The van der Waals surface area contributed by atoms with Crippen molar-refractivity contribution in [2.24, 2.45) is 5.73 Å². The molecular weight excluding hydrogens is 270 g/mol. The van der Waals surface area contributed by atoms with Crippen molar-refractivity contribution in [1.29, 1.82) is 0 Å². The Morgan fingerprint density at radius 3 is 2.69 bits per heavy atom. The summed E-state index contributed by atoms with van der Waals surface area (Å²) in [6.07, 6.45) is 1.48. The minimum atomic E-state index is -0.113. The van der Waals surface area contributed by atoms with Crippen LogP contribution in [-0.2, 0) is 15.9 Å². The van der Waals surface area contributed by atoms with Crippen molar-refractivity contribution in [1.82, 2.24) is 0 Å². The second kappa shape index (κ2) is 5.77. The first-order valence-electron chi connectivity index (χ1n) is 5.48. The van der Waals surface area contributed by atoms with E-state index in [1.165, 1.54) is 5.56 Å². The Labute approximate surface area is 104 Å². The lowest BCUT2D eigenvalue weighted by molar-refractivity contribution is -0.0504. The number of rotatable bonds is 4. The molecule has 0 aliphatic carbocycles. The van der Waals surface area contributed by atoms with Crippen LogP contribution in [-0.4, -0.2) is 25.5 Å². The van der Waals surface area contributed by atoms with Crippen LogP contribution in [0.15, 0.2) is 28.7 Å². The van der Waals surface area contributed by atoms with Crippen LogP contribution in [0.25, 0.3) is 0 Å². The summed E-state index contributed by atoms with van der Waals surface area (Å²) in [5.41, 5.74) is 7.30. The molecule has 0 aromatic heterocycles. The first-order valence-corrected chi connectivity index (χ1v) is 6.27. The van der Waals surface area contributed by atoms with E-state index < -0.39 is 0 Å². The minimum Gasteiger partial charge on any atom is -0.350 e. The molecular formula is C12H16BrNO2. The molecule has 3 nitrogen and oxygen atoms in total. The van der Waals surface area contributed by atoms with E-state index in [0.717, 1.165) is 17.3 Å². The number of benzene rings is 1. The highest BCUT2D eigenvalue weighted by Crippen LogP contribution is 2.19. The lowest BCUT2D eigenvalue weighted by Crippen LogP contribution is -2.28. The molecule has 1 heterocycles. The molecule has 2 rings (SSSR count). The average molecular weight is 286 g/mol. The molecule has 1 saturated heterocycles. The summed E-state index contributed by atoms with van der Waals surface area (Å²) in [7, 11) is 0. The van der Waals surface area contributed by atoms with Gasteiger partial charge in [-0.3, -0.25) is 0 Å². The third kappa shape index (κ3) is 3.28. The van der Waals surface area contributed by atoms with Crippen molar-refractivity contribution in [3.05, 3.63) is 34.3 Å². The van der Waals surface area contributed by atoms with Crippen LogP contribution in [0.5, 0.6) is 0 Å². The molecule has 16 heavy (non-hydrogen) atoms. The third-order valence-electron chi connectivity index (χ3n) is 2.63. The van der Waals surface area contributed by atoms with Crippen molar-refractivity contribution in [3.63, 3.8) is 0 Å². The quantitative estimate of drug-likeness (QED) is 0.921. The highest BCUT2D eigenvalue weighted by molar-refractivity contribution is 9.10. The highest BCUT2D eigenvalue weighted by atomic mass is 79.9. The van der Waals surface area contributed by atoms with E-state index in [1.54, 1.807) is 0 Å². The van der Waals surface area contributed by atoms with Crippen molar-refractivity contribution in [2.45, 2.75) is 25.2 Å². The number of hydrogen-bond acceptors (Lipinski definition) is 3. The average Bonchev–Trinajstić information content (AvgIpc) is 2.74. The molecule has 0 bridgehead atoms. The van der Waals surface area contributed by atoms with Gasteiger partial charge >= 0.3 is 0 Å². The van der Waals surface area contributed by atoms with Crippen LogP contribution in [0, 0.1) is 0 Å². The molecule has 0 saturated carbocycles. The van der Waals surface area contributed by atoms with Gasteiger partial charge in [0.25, 0.3) is 0 Å². The summed E-state index contributed by atoms with van der Waals surface area (Å²) in [4.78, 5) is 0. The normalized spacial score (nSPS) is 18.9. The van der Waals surface area contributed by atoms with Crippen LogP contribution in [0.3, 0.4) is 0 Å². The van der Waals surface area contributed by atoms with E-state index in [2.05, 4.69) is 22.0 Å². The minimum absolute atomic E-state index is 0.0711. The lowest BCUT2D eigenvalue weighted by atomic mass is 10.0. The van der Waals surface area contributed by atoms with Gasteiger partial charge in [0.2, 0.25) is 0 Å². The first-order chi connectivity index (χ1) is 7.75. The van der Waals surface area contributed by atoms with E-state index >= 15 is 0 Å². The maximum atomic E-state index is 6.07. The topological polar surface area (TPSA) is 44.5 Å². The molecule has 88 valence electrons. The molecule has 1 fully saturated rings. The van der Waals surface area contributed by atoms with Crippen LogP contribution in [0.4, 0.5) is 0 Å². The SMILES string of the molecule is NC(Cc1ccccc1Br)CC1OCCO1. The monoisotopic (exact) mass is 285 g/mol. The first kappa shape index (κ1) is 12.0. The van der Waals surface area contributed by atoms with Crippen LogP contribution in [0.1, 0.15) is 12.0 Å². The number of ether oxygens (including phenoxy) is 2. The Kier molecular flexibility index (Phi) is 4.35. The maximum Gasteiger partial charge on any atom is 0.159 e. The van der Waals surface area contributed by atoms with Gasteiger partial charge in [0, 0.05) is 16.9 Å². The van der Waals surface area contributed by atoms with Crippen LogP contribution >= 0.6 is 15.9 Å². The molecule has 2 N–H and O–H groups in total. The summed E-state index contributed by atoms with van der Waals surface area (Å²) < 4.78 is 11.9. The predicted molar refractivity (Wildman–Crippen MR) is 66.1 cm³/mol. The zero-order valence-corrected chi connectivity index (χ0v) is 10.7.